The first kappa shape index (κ1) is 18.0. The second-order valence-electron chi connectivity index (χ2n) is 5.83. The van der Waals surface area contributed by atoms with Gasteiger partial charge in [-0.3, -0.25) is 0 Å². The molecule has 5 heteroatoms. The number of amides is 1. The lowest BCUT2D eigenvalue weighted by Crippen LogP contribution is -2.32. The lowest BCUT2D eigenvalue weighted by Gasteiger charge is -2.19. The predicted octanol–water partition coefficient (Wildman–Crippen LogP) is 2.87. The Morgan fingerprint density at radius 3 is 2.36 bits per heavy atom. The molecule has 0 aromatic heterocycles. The molecule has 0 atom stereocenters. The fourth-order valence-electron chi connectivity index (χ4n) is 1.67. The van der Waals surface area contributed by atoms with Crippen LogP contribution in [0.15, 0.2) is 36.4 Å². The molecule has 0 bridgehead atoms. The molecule has 122 valence electrons. The Bertz CT molecular complexity index is 476. The highest BCUT2D eigenvalue weighted by Crippen LogP contribution is 2.10. The van der Waals surface area contributed by atoms with Gasteiger partial charge >= 0.3 is 6.09 Å². The number of nitrogens with one attached hydrogen (secondary N) is 2. The molecular weight excluding hydrogens is 280 g/mol. The van der Waals surface area contributed by atoms with E-state index in [2.05, 4.69) is 10.6 Å². The van der Waals surface area contributed by atoms with Crippen molar-refractivity contribution in [2.45, 2.75) is 32.9 Å². The Morgan fingerprint density at radius 2 is 1.77 bits per heavy atom. The lowest BCUT2D eigenvalue weighted by molar-refractivity contribution is 0.0534. The van der Waals surface area contributed by atoms with Crippen LogP contribution in [0.4, 0.5) is 4.79 Å². The normalized spacial score (nSPS) is 11.5. The average Bonchev–Trinajstić information content (AvgIpc) is 2.45. The maximum absolute atomic E-state index is 11.4. The topological polar surface area (TPSA) is 59.6 Å². The van der Waals surface area contributed by atoms with Crippen LogP contribution in [0.25, 0.3) is 0 Å². The van der Waals surface area contributed by atoms with Gasteiger partial charge in [-0.25, -0.2) is 4.79 Å². The first-order chi connectivity index (χ1) is 10.4. The molecular formula is C17H26N2O3. The molecule has 1 aromatic rings. The van der Waals surface area contributed by atoms with Crippen molar-refractivity contribution in [3.05, 3.63) is 42.0 Å². The number of ether oxygens (including phenoxy) is 2. The van der Waals surface area contributed by atoms with Gasteiger partial charge in [0.1, 0.15) is 11.4 Å². The minimum Gasteiger partial charge on any atom is -0.497 e. The van der Waals surface area contributed by atoms with Gasteiger partial charge in [-0.1, -0.05) is 24.3 Å². The van der Waals surface area contributed by atoms with E-state index in [-0.39, 0.29) is 0 Å². The standard InChI is InChI=1S/C17H26N2O3/c1-17(2,3)22-16(20)19-12-6-5-11-18-13-14-7-9-15(21-4)10-8-14/h5-10,18H,11-13H2,1-4H3,(H,19,20)/b6-5+. The van der Waals surface area contributed by atoms with E-state index < -0.39 is 11.7 Å². The van der Waals surface area contributed by atoms with E-state index in [9.17, 15) is 4.79 Å². The van der Waals surface area contributed by atoms with Crippen molar-refractivity contribution < 1.29 is 14.3 Å². The number of carbonyl (C=O) groups excluding carboxylic acids is 1. The zero-order chi connectivity index (χ0) is 16.4. The van der Waals surface area contributed by atoms with Crippen molar-refractivity contribution in [2.75, 3.05) is 20.2 Å². The highest BCUT2D eigenvalue weighted by atomic mass is 16.6. The SMILES string of the molecule is COc1ccc(CNC/C=C/CNC(=O)OC(C)(C)C)cc1. The van der Waals surface area contributed by atoms with E-state index in [1.54, 1.807) is 7.11 Å². The third-order valence-electron chi connectivity index (χ3n) is 2.68. The van der Waals surface area contributed by atoms with Crippen molar-refractivity contribution in [1.29, 1.82) is 0 Å². The predicted molar refractivity (Wildman–Crippen MR) is 88.1 cm³/mol. The fourth-order valence-corrected chi connectivity index (χ4v) is 1.67. The van der Waals surface area contributed by atoms with Crippen molar-refractivity contribution in [3.63, 3.8) is 0 Å². The molecule has 1 rings (SSSR count). The number of rotatable bonds is 7. The van der Waals surface area contributed by atoms with Crippen LogP contribution in [0.3, 0.4) is 0 Å². The van der Waals surface area contributed by atoms with E-state index in [1.165, 1.54) is 5.56 Å². The molecule has 0 radical (unpaired) electrons. The summed E-state index contributed by atoms with van der Waals surface area (Å²) in [6.07, 6.45) is 3.47. The summed E-state index contributed by atoms with van der Waals surface area (Å²) in [7, 11) is 1.66. The van der Waals surface area contributed by atoms with E-state index in [0.29, 0.717) is 6.54 Å². The number of benzene rings is 1. The number of methoxy groups -OCH3 is 1. The van der Waals surface area contributed by atoms with E-state index in [1.807, 2.05) is 57.2 Å². The molecule has 0 aliphatic heterocycles. The Kier molecular flexibility index (Phi) is 7.46. The number of hydrogen-bond donors (Lipinski definition) is 2. The third-order valence-corrected chi connectivity index (χ3v) is 2.68. The molecule has 5 nitrogen and oxygen atoms in total. The van der Waals surface area contributed by atoms with Gasteiger partial charge in [-0.2, -0.15) is 0 Å². The van der Waals surface area contributed by atoms with Crippen molar-refractivity contribution in [1.82, 2.24) is 10.6 Å². The Morgan fingerprint density at radius 1 is 1.14 bits per heavy atom. The second kappa shape index (κ2) is 9.10. The summed E-state index contributed by atoms with van der Waals surface area (Å²) >= 11 is 0. The molecule has 1 amide bonds. The zero-order valence-corrected chi connectivity index (χ0v) is 13.8. The maximum atomic E-state index is 11.4. The van der Waals surface area contributed by atoms with Gasteiger partial charge in [0, 0.05) is 19.6 Å². The molecule has 1 aromatic carbocycles. The first-order valence-electron chi connectivity index (χ1n) is 7.36. The van der Waals surface area contributed by atoms with Crippen LogP contribution in [-0.2, 0) is 11.3 Å². The minimum absolute atomic E-state index is 0.400. The van der Waals surface area contributed by atoms with Crippen molar-refractivity contribution in [3.8, 4) is 5.75 Å². The monoisotopic (exact) mass is 306 g/mol. The minimum atomic E-state index is -0.465. The molecule has 22 heavy (non-hydrogen) atoms. The largest absolute Gasteiger partial charge is 0.497 e. The van der Waals surface area contributed by atoms with E-state index in [0.717, 1.165) is 18.8 Å². The van der Waals surface area contributed by atoms with Crippen molar-refractivity contribution >= 4 is 6.09 Å². The van der Waals surface area contributed by atoms with Crippen LogP contribution in [0, 0.1) is 0 Å². The van der Waals surface area contributed by atoms with Crippen molar-refractivity contribution in [2.24, 2.45) is 0 Å². The highest BCUT2D eigenvalue weighted by molar-refractivity contribution is 5.67. The van der Waals surface area contributed by atoms with Crippen LogP contribution >= 0.6 is 0 Å². The van der Waals surface area contributed by atoms with Gasteiger partial charge in [0.25, 0.3) is 0 Å². The molecule has 0 saturated carbocycles. The summed E-state index contributed by atoms with van der Waals surface area (Å²) in [5.41, 5.74) is 0.731. The highest BCUT2D eigenvalue weighted by Gasteiger charge is 2.14. The van der Waals surface area contributed by atoms with Gasteiger partial charge in [0.15, 0.2) is 0 Å². The molecule has 0 fully saturated rings. The number of carbonyl (C=O) groups is 1. The average molecular weight is 306 g/mol. The lowest BCUT2D eigenvalue weighted by atomic mass is 10.2. The van der Waals surface area contributed by atoms with E-state index >= 15 is 0 Å². The Labute approximate surface area is 132 Å². The summed E-state index contributed by atoms with van der Waals surface area (Å²) < 4.78 is 10.2. The quantitative estimate of drug-likeness (QED) is 0.601. The summed E-state index contributed by atoms with van der Waals surface area (Å²) in [5, 5.41) is 5.96. The molecule has 2 N–H and O–H groups in total. The van der Waals surface area contributed by atoms with Crippen LogP contribution in [0.5, 0.6) is 5.75 Å². The summed E-state index contributed by atoms with van der Waals surface area (Å²) in [4.78, 5) is 11.4. The van der Waals surface area contributed by atoms with Gasteiger partial charge in [0.05, 0.1) is 7.11 Å². The fraction of sp³-hybridized carbons (Fsp3) is 0.471. The Hall–Kier alpha value is -2.01. The van der Waals surface area contributed by atoms with Crippen LogP contribution in [0.2, 0.25) is 0 Å². The third kappa shape index (κ3) is 8.32. The molecule has 0 aliphatic rings. The number of alkyl carbamates (subject to hydrolysis) is 1. The number of hydrogen-bond acceptors (Lipinski definition) is 4. The molecule has 0 unspecified atom stereocenters. The van der Waals surface area contributed by atoms with E-state index in [4.69, 9.17) is 9.47 Å². The molecule has 0 saturated heterocycles. The van der Waals surface area contributed by atoms with Gasteiger partial charge in [-0.05, 0) is 38.5 Å². The summed E-state index contributed by atoms with van der Waals surface area (Å²) in [5.74, 6) is 0.858. The molecule has 0 heterocycles. The smallest absolute Gasteiger partial charge is 0.407 e. The van der Waals surface area contributed by atoms with Crippen LogP contribution in [0.1, 0.15) is 26.3 Å². The van der Waals surface area contributed by atoms with Gasteiger partial charge in [-0.15, -0.1) is 0 Å². The van der Waals surface area contributed by atoms with Crippen LogP contribution < -0.4 is 15.4 Å². The summed E-state index contributed by atoms with van der Waals surface area (Å²) in [6.45, 7) is 7.50. The Balaban J connectivity index is 2.12. The second-order valence-corrected chi connectivity index (χ2v) is 5.83. The first-order valence-corrected chi connectivity index (χ1v) is 7.36. The molecule has 0 spiro atoms. The summed E-state index contributed by atoms with van der Waals surface area (Å²) in [6, 6.07) is 7.94. The zero-order valence-electron chi connectivity index (χ0n) is 13.8. The van der Waals surface area contributed by atoms with Gasteiger partial charge < -0.3 is 20.1 Å². The maximum Gasteiger partial charge on any atom is 0.407 e. The van der Waals surface area contributed by atoms with Gasteiger partial charge in [0.2, 0.25) is 0 Å². The van der Waals surface area contributed by atoms with Crippen LogP contribution in [-0.4, -0.2) is 31.9 Å². The molecule has 0 aliphatic carbocycles.